The molecule has 3 rings (SSSR count). The number of thiophene rings is 2. The van der Waals surface area contributed by atoms with Gasteiger partial charge in [-0.15, -0.1) is 22.7 Å². The lowest BCUT2D eigenvalue weighted by atomic mass is 9.94. The summed E-state index contributed by atoms with van der Waals surface area (Å²) in [7, 11) is 0. The highest BCUT2D eigenvalue weighted by Gasteiger charge is 2.21. The zero-order valence-electron chi connectivity index (χ0n) is 12.7. The van der Waals surface area contributed by atoms with Crippen molar-refractivity contribution in [1.29, 1.82) is 0 Å². The predicted molar refractivity (Wildman–Crippen MR) is 93.1 cm³/mol. The maximum Gasteiger partial charge on any atom is 0.223 e. The van der Waals surface area contributed by atoms with E-state index in [9.17, 15) is 4.79 Å². The Balaban J connectivity index is 1.64. The number of piperidine rings is 1. The van der Waals surface area contributed by atoms with Gasteiger partial charge in [0.2, 0.25) is 5.91 Å². The van der Waals surface area contributed by atoms with Gasteiger partial charge >= 0.3 is 0 Å². The van der Waals surface area contributed by atoms with Gasteiger partial charge in [0.25, 0.3) is 0 Å². The van der Waals surface area contributed by atoms with Crippen molar-refractivity contribution in [1.82, 2.24) is 10.2 Å². The van der Waals surface area contributed by atoms with Crippen LogP contribution in [-0.2, 0) is 17.9 Å². The molecular formula is C17H22N2OS2. The molecule has 0 spiro atoms. The van der Waals surface area contributed by atoms with Gasteiger partial charge in [-0.05, 0) is 54.7 Å². The first-order valence-corrected chi connectivity index (χ1v) is 9.60. The molecule has 22 heavy (non-hydrogen) atoms. The van der Waals surface area contributed by atoms with Gasteiger partial charge in [-0.3, -0.25) is 4.79 Å². The Bertz CT molecular complexity index is 523. The van der Waals surface area contributed by atoms with Crippen LogP contribution in [-0.4, -0.2) is 23.9 Å². The van der Waals surface area contributed by atoms with E-state index < -0.39 is 0 Å². The lowest BCUT2D eigenvalue weighted by Crippen LogP contribution is -2.34. The van der Waals surface area contributed by atoms with Crippen molar-refractivity contribution in [3.05, 3.63) is 44.8 Å². The van der Waals surface area contributed by atoms with E-state index in [0.717, 1.165) is 39.0 Å². The molecule has 2 aromatic heterocycles. The van der Waals surface area contributed by atoms with Gasteiger partial charge < -0.3 is 10.2 Å². The number of hydrogen-bond donors (Lipinski definition) is 1. The Morgan fingerprint density at radius 1 is 1.09 bits per heavy atom. The number of amides is 1. The van der Waals surface area contributed by atoms with Crippen molar-refractivity contribution in [2.24, 2.45) is 5.92 Å². The third-order valence-corrected chi connectivity index (χ3v) is 5.85. The zero-order valence-corrected chi connectivity index (χ0v) is 14.3. The summed E-state index contributed by atoms with van der Waals surface area (Å²) >= 11 is 3.45. The Labute approximate surface area is 140 Å². The third kappa shape index (κ3) is 4.41. The maximum absolute atomic E-state index is 12.8. The summed E-state index contributed by atoms with van der Waals surface area (Å²) in [5.74, 6) is 0.844. The SMILES string of the molecule is O=C(CC1CCNCC1)N(Cc1cccs1)Cc1cccs1. The number of nitrogens with one attached hydrogen (secondary N) is 1. The minimum atomic E-state index is 0.300. The minimum absolute atomic E-state index is 0.300. The second-order valence-corrected chi connectivity index (χ2v) is 7.87. The van der Waals surface area contributed by atoms with Crippen molar-refractivity contribution >= 4 is 28.6 Å². The topological polar surface area (TPSA) is 32.3 Å². The average molecular weight is 335 g/mol. The lowest BCUT2D eigenvalue weighted by molar-refractivity contribution is -0.133. The molecule has 0 atom stereocenters. The smallest absolute Gasteiger partial charge is 0.223 e. The Kier molecular flexibility index (Phi) is 5.64. The number of carbonyl (C=O) groups excluding carboxylic acids is 1. The van der Waals surface area contributed by atoms with Crippen molar-refractivity contribution in [2.45, 2.75) is 32.4 Å². The van der Waals surface area contributed by atoms with Crippen LogP contribution < -0.4 is 5.32 Å². The molecule has 0 aromatic carbocycles. The second kappa shape index (κ2) is 7.90. The lowest BCUT2D eigenvalue weighted by Gasteiger charge is -2.27. The number of nitrogens with zero attached hydrogens (tertiary/aromatic N) is 1. The zero-order chi connectivity index (χ0) is 15.2. The van der Waals surface area contributed by atoms with Crippen LogP contribution in [0.2, 0.25) is 0 Å². The number of rotatable bonds is 6. The molecule has 1 saturated heterocycles. The molecule has 1 N–H and O–H groups in total. The first-order chi connectivity index (χ1) is 10.8. The Morgan fingerprint density at radius 2 is 1.68 bits per heavy atom. The molecule has 0 saturated carbocycles. The van der Waals surface area contributed by atoms with Crippen LogP contribution in [0.4, 0.5) is 0 Å². The summed E-state index contributed by atoms with van der Waals surface area (Å²) in [6.45, 7) is 3.57. The van der Waals surface area contributed by atoms with Gasteiger partial charge in [0.1, 0.15) is 0 Å². The second-order valence-electron chi connectivity index (χ2n) is 5.81. The molecule has 0 unspecified atom stereocenters. The van der Waals surface area contributed by atoms with Crippen molar-refractivity contribution < 1.29 is 4.79 Å². The Morgan fingerprint density at radius 3 is 2.18 bits per heavy atom. The minimum Gasteiger partial charge on any atom is -0.332 e. The van der Waals surface area contributed by atoms with E-state index in [4.69, 9.17) is 0 Å². The molecule has 118 valence electrons. The summed E-state index contributed by atoms with van der Waals surface area (Å²) in [4.78, 5) is 17.3. The quantitative estimate of drug-likeness (QED) is 0.873. The van der Waals surface area contributed by atoms with E-state index >= 15 is 0 Å². The highest BCUT2D eigenvalue weighted by molar-refractivity contribution is 7.10. The van der Waals surface area contributed by atoms with Gasteiger partial charge in [0, 0.05) is 16.2 Å². The van der Waals surface area contributed by atoms with Gasteiger partial charge in [-0.25, -0.2) is 0 Å². The highest BCUT2D eigenvalue weighted by Crippen LogP contribution is 2.22. The Hall–Kier alpha value is -1.17. The van der Waals surface area contributed by atoms with E-state index in [1.54, 1.807) is 22.7 Å². The van der Waals surface area contributed by atoms with Crippen LogP contribution in [0, 0.1) is 5.92 Å². The van der Waals surface area contributed by atoms with E-state index in [1.807, 2.05) is 4.90 Å². The van der Waals surface area contributed by atoms with Crippen LogP contribution >= 0.6 is 22.7 Å². The van der Waals surface area contributed by atoms with Crippen molar-refractivity contribution in [2.75, 3.05) is 13.1 Å². The molecule has 0 bridgehead atoms. The van der Waals surface area contributed by atoms with E-state index in [0.29, 0.717) is 18.2 Å². The van der Waals surface area contributed by atoms with Crippen LogP contribution in [0.5, 0.6) is 0 Å². The summed E-state index contributed by atoms with van der Waals surface area (Å²) in [6.07, 6.45) is 2.94. The highest BCUT2D eigenvalue weighted by atomic mass is 32.1. The van der Waals surface area contributed by atoms with Crippen LogP contribution in [0.25, 0.3) is 0 Å². The summed E-state index contributed by atoms with van der Waals surface area (Å²) in [6, 6.07) is 8.34. The fraction of sp³-hybridized carbons (Fsp3) is 0.471. The predicted octanol–water partition coefficient (Wildman–Crippen LogP) is 3.73. The largest absolute Gasteiger partial charge is 0.332 e. The molecular weight excluding hydrogens is 312 g/mol. The fourth-order valence-electron chi connectivity index (χ4n) is 2.88. The molecule has 0 aliphatic carbocycles. The van der Waals surface area contributed by atoms with Crippen molar-refractivity contribution in [3.8, 4) is 0 Å². The fourth-order valence-corrected chi connectivity index (χ4v) is 4.31. The first kappa shape index (κ1) is 15.7. The molecule has 2 aromatic rings. The van der Waals surface area contributed by atoms with E-state index in [-0.39, 0.29) is 0 Å². The van der Waals surface area contributed by atoms with Gasteiger partial charge in [-0.1, -0.05) is 12.1 Å². The molecule has 3 heterocycles. The molecule has 3 nitrogen and oxygen atoms in total. The summed E-state index contributed by atoms with van der Waals surface area (Å²) in [5, 5.41) is 7.53. The van der Waals surface area contributed by atoms with Crippen LogP contribution in [0.15, 0.2) is 35.0 Å². The maximum atomic E-state index is 12.8. The van der Waals surface area contributed by atoms with Crippen LogP contribution in [0.3, 0.4) is 0 Å². The molecule has 0 radical (unpaired) electrons. The third-order valence-electron chi connectivity index (χ3n) is 4.13. The van der Waals surface area contributed by atoms with Crippen LogP contribution in [0.1, 0.15) is 29.0 Å². The normalized spacial score (nSPS) is 15.8. The monoisotopic (exact) mass is 334 g/mol. The molecule has 1 aliphatic heterocycles. The van der Waals surface area contributed by atoms with Gasteiger partial charge in [-0.2, -0.15) is 0 Å². The van der Waals surface area contributed by atoms with E-state index in [1.165, 1.54) is 9.75 Å². The van der Waals surface area contributed by atoms with Crippen molar-refractivity contribution in [3.63, 3.8) is 0 Å². The summed E-state index contributed by atoms with van der Waals surface area (Å²) in [5.41, 5.74) is 0. The standard InChI is InChI=1S/C17H22N2OS2/c20-17(11-14-5-7-18-8-6-14)19(12-15-3-1-9-21-15)13-16-4-2-10-22-16/h1-4,9-10,14,18H,5-8,11-13H2. The van der Waals surface area contributed by atoms with Gasteiger partial charge in [0.15, 0.2) is 0 Å². The molecule has 1 amide bonds. The first-order valence-electron chi connectivity index (χ1n) is 7.84. The molecule has 1 aliphatic rings. The molecule has 1 fully saturated rings. The summed E-state index contributed by atoms with van der Waals surface area (Å²) < 4.78 is 0. The van der Waals surface area contributed by atoms with E-state index in [2.05, 4.69) is 40.3 Å². The number of hydrogen-bond acceptors (Lipinski definition) is 4. The molecule has 5 heteroatoms. The average Bonchev–Trinajstić information content (AvgIpc) is 3.21. The van der Waals surface area contributed by atoms with Gasteiger partial charge in [0.05, 0.1) is 13.1 Å². The number of carbonyl (C=O) groups is 1.